The Labute approximate surface area is 176 Å². The number of halogens is 1. The van der Waals surface area contributed by atoms with Gasteiger partial charge in [0.05, 0.1) is 11.9 Å². The number of carbonyl (C=O) groups is 1. The van der Waals surface area contributed by atoms with Crippen LogP contribution in [-0.2, 0) is 14.8 Å². The summed E-state index contributed by atoms with van der Waals surface area (Å²) in [6.45, 7) is 4.07. The second-order valence-corrected chi connectivity index (χ2v) is 9.80. The van der Waals surface area contributed by atoms with Crippen molar-refractivity contribution < 1.29 is 13.2 Å². The number of nitrogens with zero attached hydrogens (tertiary/aromatic N) is 1. The van der Waals surface area contributed by atoms with Crippen molar-refractivity contribution in [3.05, 3.63) is 59.1 Å². The molecule has 28 heavy (non-hydrogen) atoms. The summed E-state index contributed by atoms with van der Waals surface area (Å²) in [7, 11) is -3.67. The molecule has 1 N–H and O–H groups in total. The third kappa shape index (κ3) is 6.15. The lowest BCUT2D eigenvalue weighted by molar-refractivity contribution is -0.122. The SMILES string of the molecule is CC[C@@H](C(=O)NCCSc1ccccc1)N(c1ccc(C)c(Cl)c1)S(C)(=O)=O. The number of anilines is 1. The Kier molecular flexibility index (Phi) is 8.22. The van der Waals surface area contributed by atoms with Crippen molar-refractivity contribution in [2.45, 2.75) is 31.2 Å². The summed E-state index contributed by atoms with van der Waals surface area (Å²) < 4.78 is 26.0. The monoisotopic (exact) mass is 440 g/mol. The third-order valence-corrected chi connectivity index (χ3v) is 6.75. The van der Waals surface area contributed by atoms with E-state index in [2.05, 4.69) is 5.32 Å². The number of hydrogen-bond acceptors (Lipinski definition) is 4. The number of benzene rings is 2. The molecule has 0 bridgehead atoms. The average Bonchev–Trinajstić information content (AvgIpc) is 2.65. The fourth-order valence-corrected chi connectivity index (χ4v) is 4.92. The minimum Gasteiger partial charge on any atom is -0.353 e. The Bertz CT molecular complexity index is 905. The highest BCUT2D eigenvalue weighted by Gasteiger charge is 2.31. The standard InChI is InChI=1S/C20H25ClN2O3S2/c1-4-19(20(24)22-12-13-27-17-8-6-5-7-9-17)23(28(3,25)26)16-11-10-15(2)18(21)14-16/h5-11,14,19H,4,12-13H2,1-3H3,(H,22,24)/t19-/m0/s1. The first kappa shape index (κ1) is 22.6. The van der Waals surface area contributed by atoms with E-state index in [0.29, 0.717) is 29.4 Å². The molecule has 2 aromatic rings. The van der Waals surface area contributed by atoms with Gasteiger partial charge in [0.15, 0.2) is 0 Å². The first-order valence-electron chi connectivity index (χ1n) is 8.95. The number of aryl methyl sites for hydroxylation is 1. The highest BCUT2D eigenvalue weighted by atomic mass is 35.5. The molecular formula is C20H25ClN2O3S2. The molecule has 0 radical (unpaired) electrons. The Balaban J connectivity index is 2.09. The predicted molar refractivity (Wildman–Crippen MR) is 118 cm³/mol. The van der Waals surface area contributed by atoms with Crippen LogP contribution in [0.2, 0.25) is 5.02 Å². The molecule has 0 saturated heterocycles. The molecule has 0 saturated carbocycles. The molecule has 0 aliphatic carbocycles. The van der Waals surface area contributed by atoms with Crippen LogP contribution in [0, 0.1) is 6.92 Å². The highest BCUT2D eigenvalue weighted by Crippen LogP contribution is 2.27. The molecule has 1 amide bonds. The average molecular weight is 441 g/mol. The summed E-state index contributed by atoms with van der Waals surface area (Å²) in [6, 6.07) is 14.1. The van der Waals surface area contributed by atoms with Gasteiger partial charge in [-0.3, -0.25) is 9.10 Å². The van der Waals surface area contributed by atoms with Gasteiger partial charge in [-0.15, -0.1) is 11.8 Å². The molecule has 0 aliphatic heterocycles. The van der Waals surface area contributed by atoms with Crippen LogP contribution in [0.15, 0.2) is 53.4 Å². The topological polar surface area (TPSA) is 66.5 Å². The van der Waals surface area contributed by atoms with Gasteiger partial charge in [0, 0.05) is 22.2 Å². The van der Waals surface area contributed by atoms with Crippen molar-refractivity contribution in [3.8, 4) is 0 Å². The van der Waals surface area contributed by atoms with E-state index < -0.39 is 16.1 Å². The van der Waals surface area contributed by atoms with Crippen molar-refractivity contribution in [3.63, 3.8) is 0 Å². The summed E-state index contributed by atoms with van der Waals surface area (Å²) in [5, 5.41) is 3.31. The normalized spacial score (nSPS) is 12.4. The van der Waals surface area contributed by atoms with Crippen molar-refractivity contribution in [1.29, 1.82) is 0 Å². The van der Waals surface area contributed by atoms with Gasteiger partial charge in [0.25, 0.3) is 0 Å². The number of thioether (sulfide) groups is 1. The molecule has 152 valence electrons. The largest absolute Gasteiger partial charge is 0.353 e. The van der Waals surface area contributed by atoms with E-state index in [4.69, 9.17) is 11.6 Å². The summed E-state index contributed by atoms with van der Waals surface area (Å²) >= 11 is 7.80. The van der Waals surface area contributed by atoms with E-state index in [-0.39, 0.29) is 5.91 Å². The zero-order valence-corrected chi connectivity index (χ0v) is 18.6. The smallest absolute Gasteiger partial charge is 0.243 e. The van der Waals surface area contributed by atoms with Gasteiger partial charge in [0.1, 0.15) is 6.04 Å². The molecule has 0 fully saturated rings. The van der Waals surface area contributed by atoms with Crippen LogP contribution < -0.4 is 9.62 Å². The second-order valence-electron chi connectivity index (χ2n) is 6.37. The maximum atomic E-state index is 12.7. The van der Waals surface area contributed by atoms with Crippen LogP contribution in [0.25, 0.3) is 0 Å². The van der Waals surface area contributed by atoms with Crippen LogP contribution in [0.1, 0.15) is 18.9 Å². The van der Waals surface area contributed by atoms with Gasteiger partial charge in [0.2, 0.25) is 15.9 Å². The molecule has 0 spiro atoms. The van der Waals surface area contributed by atoms with Gasteiger partial charge >= 0.3 is 0 Å². The van der Waals surface area contributed by atoms with E-state index in [9.17, 15) is 13.2 Å². The summed E-state index contributed by atoms with van der Waals surface area (Å²) in [5.41, 5.74) is 1.23. The number of amides is 1. The molecule has 2 rings (SSSR count). The number of rotatable bonds is 9. The lowest BCUT2D eigenvalue weighted by Gasteiger charge is -2.30. The minimum atomic E-state index is -3.67. The zero-order valence-electron chi connectivity index (χ0n) is 16.2. The van der Waals surface area contributed by atoms with Crippen LogP contribution in [0.4, 0.5) is 5.69 Å². The van der Waals surface area contributed by atoms with Gasteiger partial charge in [-0.05, 0) is 43.2 Å². The second kappa shape index (κ2) is 10.2. The fraction of sp³-hybridized carbons (Fsp3) is 0.350. The Morgan fingerprint density at radius 3 is 2.46 bits per heavy atom. The van der Waals surface area contributed by atoms with Crippen LogP contribution >= 0.6 is 23.4 Å². The summed E-state index contributed by atoms with van der Waals surface area (Å²) in [4.78, 5) is 13.9. The molecule has 0 heterocycles. The highest BCUT2D eigenvalue weighted by molar-refractivity contribution is 7.99. The van der Waals surface area contributed by atoms with Crippen molar-refractivity contribution in [1.82, 2.24) is 5.32 Å². The molecule has 0 aromatic heterocycles. The van der Waals surface area contributed by atoms with Crippen LogP contribution in [-0.4, -0.2) is 38.9 Å². The molecule has 1 atom stereocenters. The number of nitrogens with one attached hydrogen (secondary N) is 1. The number of hydrogen-bond donors (Lipinski definition) is 1. The van der Waals surface area contributed by atoms with E-state index in [1.165, 1.54) is 0 Å². The minimum absolute atomic E-state index is 0.321. The van der Waals surface area contributed by atoms with Crippen molar-refractivity contribution >= 4 is 45.0 Å². The van der Waals surface area contributed by atoms with Gasteiger partial charge in [-0.1, -0.05) is 42.8 Å². The van der Waals surface area contributed by atoms with Crippen molar-refractivity contribution in [2.75, 3.05) is 22.9 Å². The number of carbonyl (C=O) groups excluding carboxylic acids is 1. The Hall–Kier alpha value is -1.70. The predicted octanol–water partition coefficient (Wildman–Crippen LogP) is 4.10. The van der Waals surface area contributed by atoms with Gasteiger partial charge < -0.3 is 5.32 Å². The maximum Gasteiger partial charge on any atom is 0.243 e. The van der Waals surface area contributed by atoms with E-state index in [0.717, 1.165) is 21.0 Å². The maximum absolute atomic E-state index is 12.7. The van der Waals surface area contributed by atoms with Gasteiger partial charge in [-0.25, -0.2) is 8.42 Å². The molecule has 0 aliphatic rings. The van der Waals surface area contributed by atoms with Crippen LogP contribution in [0.3, 0.4) is 0 Å². The molecule has 0 unspecified atom stereocenters. The zero-order chi connectivity index (χ0) is 20.7. The summed E-state index contributed by atoms with van der Waals surface area (Å²) in [5.74, 6) is 0.375. The Morgan fingerprint density at radius 2 is 1.89 bits per heavy atom. The lowest BCUT2D eigenvalue weighted by Crippen LogP contribution is -2.49. The van der Waals surface area contributed by atoms with Gasteiger partial charge in [-0.2, -0.15) is 0 Å². The first-order valence-corrected chi connectivity index (χ1v) is 12.2. The fourth-order valence-electron chi connectivity index (χ4n) is 2.76. The first-order chi connectivity index (χ1) is 13.2. The molecule has 2 aromatic carbocycles. The quantitative estimate of drug-likeness (QED) is 0.471. The van der Waals surface area contributed by atoms with Crippen molar-refractivity contribution in [2.24, 2.45) is 0 Å². The summed E-state index contributed by atoms with van der Waals surface area (Å²) in [6.07, 6.45) is 1.44. The molecule has 8 heteroatoms. The molecular weight excluding hydrogens is 416 g/mol. The van der Waals surface area contributed by atoms with E-state index in [1.54, 1.807) is 36.9 Å². The van der Waals surface area contributed by atoms with E-state index in [1.807, 2.05) is 37.3 Å². The number of sulfonamides is 1. The Morgan fingerprint density at radius 1 is 1.21 bits per heavy atom. The third-order valence-electron chi connectivity index (χ3n) is 4.15. The lowest BCUT2D eigenvalue weighted by atomic mass is 10.1. The molecule has 5 nitrogen and oxygen atoms in total. The van der Waals surface area contributed by atoms with E-state index >= 15 is 0 Å². The van der Waals surface area contributed by atoms with Crippen LogP contribution in [0.5, 0.6) is 0 Å².